The molecule has 2 rings (SSSR count). The Hall–Kier alpha value is -1.89. The molecule has 0 aromatic carbocycles. The lowest BCUT2D eigenvalue weighted by atomic mass is 10.3. The molecule has 0 spiro atoms. The van der Waals surface area contributed by atoms with Gasteiger partial charge in [-0.15, -0.1) is 0 Å². The van der Waals surface area contributed by atoms with Gasteiger partial charge in [0.25, 0.3) is 0 Å². The topological polar surface area (TPSA) is 50.7 Å². The van der Waals surface area contributed by atoms with Gasteiger partial charge in [-0.1, -0.05) is 17.7 Å². The van der Waals surface area contributed by atoms with Gasteiger partial charge in [-0.05, 0) is 12.1 Å². The largest absolute Gasteiger partial charge is 0.451 e. The van der Waals surface area contributed by atoms with E-state index in [1.807, 2.05) is 12.1 Å². The van der Waals surface area contributed by atoms with Gasteiger partial charge in [0.15, 0.2) is 0 Å². The van der Waals surface area contributed by atoms with Gasteiger partial charge in [-0.2, -0.15) is 13.2 Å². The van der Waals surface area contributed by atoms with E-state index in [0.29, 0.717) is 13.0 Å². The highest BCUT2D eigenvalue weighted by molar-refractivity contribution is 6.29. The molecule has 0 atom stereocenters. The molecule has 0 aliphatic carbocycles. The summed E-state index contributed by atoms with van der Waals surface area (Å²) in [6.45, 7) is 0.391. The molecule has 0 aliphatic rings. The highest BCUT2D eigenvalue weighted by Gasteiger charge is 2.35. The Morgan fingerprint density at radius 3 is 2.65 bits per heavy atom. The molecule has 0 amide bonds. The van der Waals surface area contributed by atoms with E-state index in [-0.39, 0.29) is 11.0 Å². The van der Waals surface area contributed by atoms with Crippen molar-refractivity contribution in [2.24, 2.45) is 0 Å². The summed E-state index contributed by atoms with van der Waals surface area (Å²) in [5.74, 6) is -1.22. The Morgan fingerprint density at radius 2 is 2.00 bits per heavy atom. The monoisotopic (exact) mass is 302 g/mol. The van der Waals surface area contributed by atoms with Crippen molar-refractivity contribution >= 4 is 17.4 Å². The number of nitrogens with one attached hydrogen (secondary N) is 1. The maximum absolute atomic E-state index is 12.5. The van der Waals surface area contributed by atoms with E-state index in [2.05, 4.69) is 20.3 Å². The summed E-state index contributed by atoms with van der Waals surface area (Å²) in [4.78, 5) is 10.6. The number of halogens is 4. The van der Waals surface area contributed by atoms with Gasteiger partial charge in [0, 0.05) is 30.9 Å². The smallest absolute Gasteiger partial charge is 0.370 e. The van der Waals surface area contributed by atoms with E-state index in [0.717, 1.165) is 5.69 Å². The first-order valence-electron chi connectivity index (χ1n) is 5.71. The summed E-state index contributed by atoms with van der Waals surface area (Å²) in [5.41, 5.74) is 0.830. The fraction of sp³-hybridized carbons (Fsp3) is 0.250. The van der Waals surface area contributed by atoms with E-state index >= 15 is 0 Å². The molecule has 1 N–H and O–H groups in total. The highest BCUT2D eigenvalue weighted by Crippen LogP contribution is 2.28. The van der Waals surface area contributed by atoms with E-state index in [1.165, 1.54) is 6.07 Å². The number of pyridine rings is 1. The van der Waals surface area contributed by atoms with Gasteiger partial charge in [-0.25, -0.2) is 9.97 Å². The molecule has 0 aliphatic heterocycles. The summed E-state index contributed by atoms with van der Waals surface area (Å²) in [6.07, 6.45) is -2.41. The summed E-state index contributed by atoms with van der Waals surface area (Å²) < 4.78 is 37.5. The van der Waals surface area contributed by atoms with Gasteiger partial charge in [-0.3, -0.25) is 4.98 Å². The third-order valence-corrected chi connectivity index (χ3v) is 2.56. The van der Waals surface area contributed by atoms with Crippen molar-refractivity contribution in [2.75, 3.05) is 11.9 Å². The van der Waals surface area contributed by atoms with Gasteiger partial charge in [0.2, 0.25) is 5.82 Å². The van der Waals surface area contributed by atoms with E-state index < -0.39 is 12.0 Å². The second kappa shape index (κ2) is 6.04. The zero-order valence-corrected chi connectivity index (χ0v) is 10.9. The molecule has 0 saturated carbocycles. The van der Waals surface area contributed by atoms with Crippen LogP contribution >= 0.6 is 11.6 Å². The lowest BCUT2D eigenvalue weighted by Gasteiger charge is -2.09. The number of aromatic nitrogens is 3. The minimum atomic E-state index is -4.62. The standard InChI is InChI=1S/C12H10ClF3N4/c13-9-7-10(20-11(19-9)12(14,15)16)18-6-4-8-3-1-2-5-17-8/h1-3,5,7H,4,6H2,(H,18,19,20). The van der Waals surface area contributed by atoms with Gasteiger partial charge < -0.3 is 5.32 Å². The van der Waals surface area contributed by atoms with Gasteiger partial charge >= 0.3 is 6.18 Å². The molecule has 4 nitrogen and oxygen atoms in total. The van der Waals surface area contributed by atoms with Crippen molar-refractivity contribution in [1.29, 1.82) is 0 Å². The minimum absolute atomic E-state index is 0.0354. The first kappa shape index (κ1) is 14.5. The van der Waals surface area contributed by atoms with E-state index in [9.17, 15) is 13.2 Å². The molecule has 2 aromatic rings. The Kier molecular flexibility index (Phi) is 4.39. The number of alkyl halides is 3. The molecule has 106 valence electrons. The van der Waals surface area contributed by atoms with Crippen LogP contribution in [0.15, 0.2) is 30.5 Å². The lowest BCUT2D eigenvalue weighted by Crippen LogP contribution is -2.14. The molecular formula is C12H10ClF3N4. The van der Waals surface area contributed by atoms with E-state index in [1.54, 1.807) is 12.3 Å². The number of rotatable bonds is 4. The molecule has 2 heterocycles. The highest BCUT2D eigenvalue weighted by atomic mass is 35.5. The van der Waals surface area contributed by atoms with Crippen LogP contribution < -0.4 is 5.32 Å². The fourth-order valence-electron chi connectivity index (χ4n) is 1.50. The summed E-state index contributed by atoms with van der Waals surface area (Å²) in [5, 5.41) is 2.51. The molecule has 0 unspecified atom stereocenters. The third-order valence-electron chi connectivity index (χ3n) is 2.36. The van der Waals surface area contributed by atoms with Crippen LogP contribution in [-0.2, 0) is 12.6 Å². The Morgan fingerprint density at radius 1 is 1.20 bits per heavy atom. The van der Waals surface area contributed by atoms with Crippen molar-refractivity contribution in [3.05, 3.63) is 47.1 Å². The second-order valence-corrected chi connectivity index (χ2v) is 4.28. The SMILES string of the molecule is FC(F)(F)c1nc(Cl)cc(NCCc2ccccn2)n1. The molecule has 2 aromatic heterocycles. The van der Waals surface area contributed by atoms with Crippen LogP contribution in [0.5, 0.6) is 0 Å². The number of nitrogens with zero attached hydrogens (tertiary/aromatic N) is 3. The fourth-order valence-corrected chi connectivity index (χ4v) is 1.68. The Bertz CT molecular complexity index is 575. The van der Waals surface area contributed by atoms with Crippen molar-refractivity contribution in [3.8, 4) is 0 Å². The first-order chi connectivity index (χ1) is 9.45. The van der Waals surface area contributed by atoms with Crippen molar-refractivity contribution in [3.63, 3.8) is 0 Å². The maximum atomic E-state index is 12.5. The van der Waals surface area contributed by atoms with Crippen LogP contribution in [0.1, 0.15) is 11.5 Å². The molecular weight excluding hydrogens is 293 g/mol. The quantitative estimate of drug-likeness (QED) is 0.881. The molecule has 8 heteroatoms. The Labute approximate surface area is 118 Å². The molecule has 0 bridgehead atoms. The van der Waals surface area contributed by atoms with Crippen molar-refractivity contribution in [1.82, 2.24) is 15.0 Å². The molecule has 0 saturated heterocycles. The van der Waals surface area contributed by atoms with Gasteiger partial charge in [0.05, 0.1) is 0 Å². The third kappa shape index (κ3) is 4.06. The molecule has 20 heavy (non-hydrogen) atoms. The predicted octanol–water partition coefficient (Wildman–Crippen LogP) is 3.20. The molecule has 0 radical (unpaired) electrons. The number of hydrogen-bond donors (Lipinski definition) is 1. The molecule has 0 fully saturated rings. The van der Waals surface area contributed by atoms with Gasteiger partial charge in [0.1, 0.15) is 11.0 Å². The van der Waals surface area contributed by atoms with Crippen LogP contribution in [0.2, 0.25) is 5.15 Å². The van der Waals surface area contributed by atoms with Crippen LogP contribution in [0.4, 0.5) is 19.0 Å². The zero-order valence-electron chi connectivity index (χ0n) is 10.2. The predicted molar refractivity (Wildman–Crippen MR) is 68.5 cm³/mol. The van der Waals surface area contributed by atoms with Crippen LogP contribution in [0.25, 0.3) is 0 Å². The zero-order chi connectivity index (χ0) is 14.6. The average molecular weight is 303 g/mol. The van der Waals surface area contributed by atoms with Crippen molar-refractivity contribution < 1.29 is 13.2 Å². The Balaban J connectivity index is 2.01. The average Bonchev–Trinajstić information content (AvgIpc) is 2.38. The normalized spacial score (nSPS) is 11.4. The second-order valence-electron chi connectivity index (χ2n) is 3.90. The lowest BCUT2D eigenvalue weighted by molar-refractivity contribution is -0.144. The van der Waals surface area contributed by atoms with Crippen LogP contribution in [0.3, 0.4) is 0 Å². The summed E-state index contributed by atoms with van der Waals surface area (Å²) in [6, 6.07) is 6.70. The number of hydrogen-bond acceptors (Lipinski definition) is 4. The van der Waals surface area contributed by atoms with Crippen molar-refractivity contribution in [2.45, 2.75) is 12.6 Å². The van der Waals surface area contributed by atoms with E-state index in [4.69, 9.17) is 11.6 Å². The number of anilines is 1. The van der Waals surface area contributed by atoms with Crippen LogP contribution in [0, 0.1) is 0 Å². The maximum Gasteiger partial charge on any atom is 0.451 e. The summed E-state index contributed by atoms with van der Waals surface area (Å²) >= 11 is 5.55. The summed E-state index contributed by atoms with van der Waals surface area (Å²) in [7, 11) is 0. The van der Waals surface area contributed by atoms with Crippen LogP contribution in [-0.4, -0.2) is 21.5 Å². The minimum Gasteiger partial charge on any atom is -0.370 e. The first-order valence-corrected chi connectivity index (χ1v) is 6.08.